The van der Waals surface area contributed by atoms with Crippen molar-refractivity contribution in [3.63, 3.8) is 0 Å². The number of nitrogens with one attached hydrogen (secondary N) is 2. The largest absolute Gasteiger partial charge is 0.493 e. The van der Waals surface area contributed by atoms with Crippen molar-refractivity contribution in [1.82, 2.24) is 15.5 Å². The van der Waals surface area contributed by atoms with Crippen molar-refractivity contribution in [1.29, 1.82) is 0 Å². The lowest BCUT2D eigenvalue weighted by Crippen LogP contribution is -2.36. The molecule has 0 aromatic heterocycles. The molecule has 0 fully saturated rings. The summed E-state index contributed by atoms with van der Waals surface area (Å²) in [5.74, 6) is 0.717. The molecule has 0 atom stereocenters. The van der Waals surface area contributed by atoms with Crippen molar-refractivity contribution in [2.75, 3.05) is 48.1 Å². The lowest BCUT2D eigenvalue weighted by molar-refractivity contribution is -0.131. The van der Waals surface area contributed by atoms with E-state index in [4.69, 9.17) is 23.7 Å². The minimum atomic E-state index is -0.544. The fourth-order valence-electron chi connectivity index (χ4n) is 4.98. The van der Waals surface area contributed by atoms with Gasteiger partial charge in [0, 0.05) is 43.7 Å². The monoisotopic (exact) mass is 623 g/mol. The fourth-order valence-corrected chi connectivity index (χ4v) is 4.98. The zero-order valence-electron chi connectivity index (χ0n) is 25.9. The third-order valence-corrected chi connectivity index (χ3v) is 7.34. The molecule has 2 bridgehead atoms. The Hall–Kier alpha value is -5.00. The second-order valence-electron chi connectivity index (χ2n) is 10.3. The maximum Gasteiger partial charge on any atom is 0.251 e. The molecule has 5 rings (SSSR count). The van der Waals surface area contributed by atoms with Gasteiger partial charge in [-0.25, -0.2) is 4.39 Å². The average Bonchev–Trinajstić information content (AvgIpc) is 3.04. The van der Waals surface area contributed by atoms with E-state index in [1.807, 2.05) is 0 Å². The predicted octanol–water partition coefficient (Wildman–Crippen LogP) is 4.25. The number of fused-ring (bicyclic) bond motifs is 13. The predicted molar refractivity (Wildman–Crippen MR) is 164 cm³/mol. The van der Waals surface area contributed by atoms with E-state index in [-0.39, 0.29) is 59.9 Å². The van der Waals surface area contributed by atoms with E-state index in [9.17, 15) is 18.8 Å². The molecule has 11 nitrogen and oxygen atoms in total. The second kappa shape index (κ2) is 15.6. The van der Waals surface area contributed by atoms with Crippen LogP contribution >= 0.6 is 0 Å². The van der Waals surface area contributed by atoms with Crippen molar-refractivity contribution in [2.24, 2.45) is 0 Å². The molecule has 2 heterocycles. The van der Waals surface area contributed by atoms with Crippen LogP contribution in [0.3, 0.4) is 0 Å². The Kier molecular flexibility index (Phi) is 11.4. The number of carbonyl (C=O) groups is 3. The number of carbonyl (C=O) groups excluding carboxylic acids is 3. The van der Waals surface area contributed by atoms with Crippen LogP contribution in [0, 0.1) is 5.82 Å². The topological polar surface area (TPSA) is 125 Å². The number of halogens is 1. The Bertz CT molecular complexity index is 1500. The van der Waals surface area contributed by atoms with Crippen LogP contribution in [0.15, 0.2) is 48.5 Å². The van der Waals surface area contributed by atoms with Gasteiger partial charge in [0.05, 0.1) is 34.9 Å². The highest BCUT2D eigenvalue weighted by Gasteiger charge is 2.20. The minimum absolute atomic E-state index is 0.0530. The maximum atomic E-state index is 14.8. The molecule has 3 amide bonds. The Labute approximate surface area is 261 Å². The summed E-state index contributed by atoms with van der Waals surface area (Å²) in [4.78, 5) is 40.9. The Morgan fingerprint density at radius 2 is 1.58 bits per heavy atom. The van der Waals surface area contributed by atoms with Gasteiger partial charge >= 0.3 is 0 Å². The molecule has 3 aromatic carbocycles. The molecule has 2 aliphatic heterocycles. The summed E-state index contributed by atoms with van der Waals surface area (Å²) in [5, 5.41) is 5.63. The van der Waals surface area contributed by atoms with Crippen LogP contribution in [0.4, 0.5) is 4.39 Å². The molecule has 12 heteroatoms. The van der Waals surface area contributed by atoms with Gasteiger partial charge in [0.1, 0.15) is 11.6 Å². The van der Waals surface area contributed by atoms with Crippen molar-refractivity contribution in [3.8, 4) is 34.5 Å². The smallest absolute Gasteiger partial charge is 0.251 e. The van der Waals surface area contributed by atoms with Crippen molar-refractivity contribution in [3.05, 3.63) is 71.0 Å². The first-order valence-electron chi connectivity index (χ1n) is 14.5. The van der Waals surface area contributed by atoms with Crippen LogP contribution in [0.5, 0.6) is 34.5 Å². The molecule has 2 aliphatic rings. The van der Waals surface area contributed by atoms with Crippen LogP contribution < -0.4 is 34.3 Å². The van der Waals surface area contributed by atoms with E-state index < -0.39 is 5.82 Å². The summed E-state index contributed by atoms with van der Waals surface area (Å²) in [6.07, 6.45) is 1.02. The summed E-state index contributed by atoms with van der Waals surface area (Å²) in [5.41, 5.74) is 1.17. The number of hydrogen-bond donors (Lipinski definition) is 2. The molecule has 0 spiro atoms. The van der Waals surface area contributed by atoms with Crippen LogP contribution in [-0.4, -0.2) is 70.7 Å². The van der Waals surface area contributed by atoms with Gasteiger partial charge in [0.25, 0.3) is 5.91 Å². The lowest BCUT2D eigenvalue weighted by Gasteiger charge is -2.23. The van der Waals surface area contributed by atoms with E-state index >= 15 is 0 Å². The first kappa shape index (κ1) is 32.9. The number of rotatable bonds is 6. The highest BCUT2D eigenvalue weighted by atomic mass is 19.1. The third-order valence-electron chi connectivity index (χ3n) is 7.34. The number of hydrogen-bond acceptors (Lipinski definition) is 8. The van der Waals surface area contributed by atoms with Gasteiger partial charge in [-0.15, -0.1) is 0 Å². The van der Waals surface area contributed by atoms with E-state index in [1.165, 1.54) is 46.6 Å². The van der Waals surface area contributed by atoms with E-state index in [2.05, 4.69) is 10.6 Å². The van der Waals surface area contributed by atoms with Gasteiger partial charge in [-0.05, 0) is 60.9 Å². The van der Waals surface area contributed by atoms with Crippen molar-refractivity contribution in [2.45, 2.75) is 32.2 Å². The van der Waals surface area contributed by atoms with Gasteiger partial charge in [0.15, 0.2) is 23.0 Å². The quantitative estimate of drug-likeness (QED) is 0.418. The molecule has 45 heavy (non-hydrogen) atoms. The number of methoxy groups -OCH3 is 4. The van der Waals surface area contributed by atoms with Crippen molar-refractivity contribution < 1.29 is 42.5 Å². The number of benzene rings is 3. The second-order valence-corrected chi connectivity index (χ2v) is 10.3. The highest BCUT2D eigenvalue weighted by molar-refractivity contribution is 5.94. The molecule has 0 unspecified atom stereocenters. The van der Waals surface area contributed by atoms with Gasteiger partial charge < -0.3 is 39.2 Å². The zero-order valence-corrected chi connectivity index (χ0v) is 25.9. The summed E-state index contributed by atoms with van der Waals surface area (Å²) in [6, 6.07) is 12.5. The average molecular weight is 624 g/mol. The van der Waals surface area contributed by atoms with E-state index in [1.54, 1.807) is 35.2 Å². The van der Waals surface area contributed by atoms with Crippen LogP contribution in [-0.2, 0) is 22.6 Å². The van der Waals surface area contributed by atoms with E-state index in [0.717, 1.165) is 0 Å². The summed E-state index contributed by atoms with van der Waals surface area (Å²) >= 11 is 0. The first-order valence-corrected chi connectivity index (χ1v) is 14.5. The molecule has 0 saturated carbocycles. The molecular formula is C33H38FN3O8. The molecule has 0 aliphatic carbocycles. The number of amides is 3. The Balaban J connectivity index is 1.55. The van der Waals surface area contributed by atoms with Gasteiger partial charge in [-0.1, -0.05) is 6.07 Å². The minimum Gasteiger partial charge on any atom is -0.493 e. The third kappa shape index (κ3) is 8.34. The van der Waals surface area contributed by atoms with E-state index in [0.29, 0.717) is 60.9 Å². The standard InChI is InChI=1S/C33H38FN3O8/c1-41-27-19-22-11-12-26(27)45-25-9-5-8-24(34)23(25)20-36-30(38)10-6-14-37(15-7-13-35-33(22)40)31(39)18-21-16-28(42-2)32(44-4)29(17-21)43-3/h5,8-9,11-12,16-17,19H,6-7,10,13-15,18,20H2,1-4H3,(H,35,40)(H,36,38). The molecular weight excluding hydrogens is 585 g/mol. The maximum absolute atomic E-state index is 14.8. The SMILES string of the molecule is COc1cc2ccc1Oc1cccc(F)c1CNC(=O)CCCN(C(=O)Cc1cc(OC)c(OC)c(OC)c1)CCCNC2=O. The molecule has 240 valence electrons. The normalized spacial score (nSPS) is 14.5. The van der Waals surface area contributed by atoms with Crippen molar-refractivity contribution >= 4 is 17.7 Å². The summed E-state index contributed by atoms with van der Waals surface area (Å²) in [7, 11) is 5.95. The molecule has 0 radical (unpaired) electrons. The molecule has 2 N–H and O–H groups in total. The highest BCUT2D eigenvalue weighted by Crippen LogP contribution is 2.38. The van der Waals surface area contributed by atoms with Gasteiger partial charge in [-0.2, -0.15) is 0 Å². The number of ether oxygens (including phenoxy) is 5. The first-order chi connectivity index (χ1) is 21.8. The van der Waals surface area contributed by atoms with Gasteiger partial charge in [0.2, 0.25) is 17.6 Å². The molecule has 3 aromatic rings. The van der Waals surface area contributed by atoms with Crippen LogP contribution in [0.1, 0.15) is 40.7 Å². The van der Waals surface area contributed by atoms with Crippen LogP contribution in [0.2, 0.25) is 0 Å². The molecule has 0 saturated heterocycles. The Morgan fingerprint density at radius 3 is 2.27 bits per heavy atom. The number of nitrogens with zero attached hydrogens (tertiary/aromatic N) is 1. The Morgan fingerprint density at radius 1 is 0.867 bits per heavy atom. The van der Waals surface area contributed by atoms with Crippen LogP contribution in [0.25, 0.3) is 0 Å². The van der Waals surface area contributed by atoms with Gasteiger partial charge in [-0.3, -0.25) is 14.4 Å². The fraction of sp³-hybridized carbons (Fsp3) is 0.364. The zero-order chi connectivity index (χ0) is 32.3. The summed E-state index contributed by atoms with van der Waals surface area (Å²) < 4.78 is 42.5. The lowest BCUT2D eigenvalue weighted by atomic mass is 10.1. The summed E-state index contributed by atoms with van der Waals surface area (Å²) in [6.45, 7) is 0.852.